The zero-order valence-corrected chi connectivity index (χ0v) is 23.1. The van der Waals surface area contributed by atoms with Gasteiger partial charge < -0.3 is 36.9 Å². The van der Waals surface area contributed by atoms with Gasteiger partial charge >= 0.3 is 0 Å². The van der Waals surface area contributed by atoms with Crippen LogP contribution in [0.25, 0.3) is 0 Å². The molecule has 3 rings (SSSR count). The minimum Gasteiger partial charge on any atom is -0.412 e. The molecule has 5 atom stereocenters. The van der Waals surface area contributed by atoms with Gasteiger partial charge in [0.05, 0.1) is 12.6 Å². The Kier molecular flexibility index (Phi) is 20.3. The van der Waals surface area contributed by atoms with Crippen molar-refractivity contribution in [1.29, 1.82) is 0 Å². The number of aliphatic imine (C=N–C) groups is 1. The van der Waals surface area contributed by atoms with E-state index in [0.29, 0.717) is 35.3 Å². The molecule has 0 bridgehead atoms. The minimum atomic E-state index is 0. The van der Waals surface area contributed by atoms with Gasteiger partial charge in [0.1, 0.15) is 0 Å². The van der Waals surface area contributed by atoms with Crippen LogP contribution in [-0.2, 0) is 4.74 Å². The molecular formula is C27H56ClN3O5. The third kappa shape index (κ3) is 11.3. The van der Waals surface area contributed by atoms with Crippen LogP contribution in [0.15, 0.2) is 28.3 Å². The molecule has 9 N–H and O–H groups in total. The van der Waals surface area contributed by atoms with Crippen molar-refractivity contribution < 1.29 is 26.6 Å². The summed E-state index contributed by atoms with van der Waals surface area (Å²) in [6.45, 7) is 15.0. The minimum absolute atomic E-state index is 0. The second-order valence-electron chi connectivity index (χ2n) is 11.0. The van der Waals surface area contributed by atoms with E-state index in [1.165, 1.54) is 19.5 Å². The lowest BCUT2D eigenvalue weighted by atomic mass is 9.66. The molecule has 0 aromatic heterocycles. The number of halogens is 1. The van der Waals surface area contributed by atoms with Crippen LogP contribution in [0.5, 0.6) is 0 Å². The third-order valence-corrected chi connectivity index (χ3v) is 7.92. The van der Waals surface area contributed by atoms with Crippen molar-refractivity contribution in [2.24, 2.45) is 34.1 Å². The van der Waals surface area contributed by atoms with E-state index in [1.54, 1.807) is 7.11 Å². The van der Waals surface area contributed by atoms with E-state index in [9.17, 15) is 0 Å². The monoisotopic (exact) mass is 537 g/mol. The number of hydrogen-bond acceptors (Lipinski definition) is 4. The van der Waals surface area contributed by atoms with Gasteiger partial charge in [0.25, 0.3) is 0 Å². The summed E-state index contributed by atoms with van der Waals surface area (Å²) in [7, 11) is 1.77. The summed E-state index contributed by atoms with van der Waals surface area (Å²) in [5.74, 6) is 2.65. The molecule has 1 fully saturated rings. The molecule has 2 aliphatic heterocycles. The summed E-state index contributed by atoms with van der Waals surface area (Å²) in [5, 5.41) is 4.83. The zero-order chi connectivity index (χ0) is 22.4. The second kappa shape index (κ2) is 18.4. The van der Waals surface area contributed by atoms with Crippen LogP contribution in [0.3, 0.4) is 0 Å². The van der Waals surface area contributed by atoms with Gasteiger partial charge in [-0.15, -0.1) is 0 Å². The molecule has 8 nitrogen and oxygen atoms in total. The Morgan fingerprint density at radius 3 is 2.44 bits per heavy atom. The summed E-state index contributed by atoms with van der Waals surface area (Å²) in [5.41, 5.74) is 0.319. The largest absolute Gasteiger partial charge is 0.412 e. The molecule has 0 saturated carbocycles. The highest BCUT2D eigenvalue weighted by Crippen LogP contribution is 2.43. The Morgan fingerprint density at radius 2 is 1.89 bits per heavy atom. The zero-order valence-electron chi connectivity index (χ0n) is 22.3. The predicted molar refractivity (Wildman–Crippen MR) is 154 cm³/mol. The summed E-state index contributed by atoms with van der Waals surface area (Å²) in [6.07, 6.45) is 13.3. The fraction of sp³-hybridized carbons (Fsp3) is 0.815. The van der Waals surface area contributed by atoms with Crippen LogP contribution in [-0.4, -0.2) is 85.0 Å². The van der Waals surface area contributed by atoms with Crippen molar-refractivity contribution in [3.8, 4) is 0 Å². The van der Waals surface area contributed by atoms with E-state index < -0.39 is 0 Å². The van der Waals surface area contributed by atoms with Gasteiger partial charge in [-0.05, 0) is 80.2 Å². The number of nitrogens with one attached hydrogen (secondary N) is 1. The van der Waals surface area contributed by atoms with Crippen molar-refractivity contribution in [1.82, 2.24) is 10.2 Å². The van der Waals surface area contributed by atoms with Crippen LogP contribution >= 0.6 is 11.6 Å². The highest BCUT2D eigenvalue weighted by molar-refractivity contribution is 6.31. The average Bonchev–Trinajstić information content (AvgIpc) is 2.72. The first-order chi connectivity index (χ1) is 14.8. The van der Waals surface area contributed by atoms with Crippen LogP contribution in [0.2, 0.25) is 0 Å². The molecule has 4 unspecified atom stereocenters. The fourth-order valence-corrected chi connectivity index (χ4v) is 5.98. The molecule has 1 aliphatic carbocycles. The quantitative estimate of drug-likeness (QED) is 0.478. The van der Waals surface area contributed by atoms with Gasteiger partial charge in [0.15, 0.2) is 0 Å². The Morgan fingerprint density at radius 1 is 1.19 bits per heavy atom. The van der Waals surface area contributed by atoms with Gasteiger partial charge in [0, 0.05) is 31.3 Å². The normalized spacial score (nSPS) is 27.8. The summed E-state index contributed by atoms with van der Waals surface area (Å²) >= 11 is 6.16. The molecule has 9 heteroatoms. The summed E-state index contributed by atoms with van der Waals surface area (Å²) < 4.78 is 5.32. The first-order valence-corrected chi connectivity index (χ1v) is 12.7. The maximum atomic E-state index is 6.16. The molecule has 1 saturated heterocycles. The molecule has 36 heavy (non-hydrogen) atoms. The number of ether oxygens (including phenoxy) is 1. The van der Waals surface area contributed by atoms with Crippen molar-refractivity contribution in [2.45, 2.75) is 72.9 Å². The molecule has 2 heterocycles. The van der Waals surface area contributed by atoms with E-state index in [4.69, 9.17) is 16.3 Å². The highest BCUT2D eigenvalue weighted by atomic mass is 35.5. The molecule has 3 aliphatic rings. The SMILES string of the molecule is C.COCC1CC(CN[C@@H](CN2CCC(C3C=CC(Cl)=CC3)C(C)(C)C2)C(C)C)CC=N1.O.O.O.O. The number of likely N-dealkylation sites (tertiary alicyclic amines) is 1. The van der Waals surface area contributed by atoms with E-state index in [1.807, 2.05) is 0 Å². The van der Waals surface area contributed by atoms with Crippen LogP contribution < -0.4 is 5.32 Å². The Bertz CT molecular complexity index is 672. The van der Waals surface area contributed by atoms with E-state index in [2.05, 4.69) is 67.3 Å². The van der Waals surface area contributed by atoms with Crippen LogP contribution in [0.4, 0.5) is 0 Å². The fourth-order valence-electron chi connectivity index (χ4n) is 5.82. The standard InChI is InChI=1S/C26H44ClN3O.CH4.4H2O/c1-19(2)25(29-15-20-10-12-28-23(14-20)17-31-5)16-30-13-11-24(26(3,4)18-30)21-6-8-22(27)9-7-21;;;;;/h6,8-9,12,19-21,23-25,29H,7,10-11,13-18H2,1-5H3;1H4;4*1H2/t20?,21?,23?,24?,25-;;;;;/m0...../s1. The predicted octanol–water partition coefficient (Wildman–Crippen LogP) is 2.48. The lowest BCUT2D eigenvalue weighted by Gasteiger charge is -2.48. The molecule has 216 valence electrons. The molecule has 0 aromatic rings. The van der Waals surface area contributed by atoms with E-state index in [0.717, 1.165) is 49.9 Å². The number of allylic oxidation sites excluding steroid dienone is 4. The highest BCUT2D eigenvalue weighted by Gasteiger charge is 2.40. The third-order valence-electron chi connectivity index (χ3n) is 7.64. The molecule has 0 radical (unpaired) electrons. The van der Waals surface area contributed by atoms with Crippen molar-refractivity contribution in [2.75, 3.05) is 39.9 Å². The number of piperidine rings is 1. The summed E-state index contributed by atoms with van der Waals surface area (Å²) in [6, 6.07) is 0.866. The van der Waals surface area contributed by atoms with Gasteiger partial charge in [-0.3, -0.25) is 4.99 Å². The van der Waals surface area contributed by atoms with Gasteiger partial charge in [-0.2, -0.15) is 0 Å². The average molecular weight is 538 g/mol. The first-order valence-electron chi connectivity index (χ1n) is 12.3. The van der Waals surface area contributed by atoms with Crippen LogP contribution in [0.1, 0.15) is 60.8 Å². The molecule has 0 spiro atoms. The lowest BCUT2D eigenvalue weighted by Crippen LogP contribution is -2.53. The van der Waals surface area contributed by atoms with Crippen LogP contribution in [0, 0.1) is 29.1 Å². The first kappa shape index (κ1) is 39.7. The number of methoxy groups -OCH3 is 1. The Balaban J connectivity index is -0.00000218. The topological polar surface area (TPSA) is 163 Å². The summed E-state index contributed by atoms with van der Waals surface area (Å²) in [4.78, 5) is 7.30. The smallest absolute Gasteiger partial charge is 0.0732 e. The maximum absolute atomic E-state index is 6.16. The van der Waals surface area contributed by atoms with Crippen molar-refractivity contribution >= 4 is 17.8 Å². The van der Waals surface area contributed by atoms with Gasteiger partial charge in [-0.1, -0.05) is 58.9 Å². The Labute approximate surface area is 224 Å². The molecular weight excluding hydrogens is 482 g/mol. The van der Waals surface area contributed by atoms with Crippen molar-refractivity contribution in [3.63, 3.8) is 0 Å². The number of nitrogens with zero attached hydrogens (tertiary/aromatic N) is 2. The lowest BCUT2D eigenvalue weighted by molar-refractivity contribution is 0.0249. The molecule has 0 aromatic carbocycles. The molecule has 0 amide bonds. The van der Waals surface area contributed by atoms with E-state index >= 15 is 0 Å². The van der Waals surface area contributed by atoms with Gasteiger partial charge in [-0.25, -0.2) is 0 Å². The maximum Gasteiger partial charge on any atom is 0.0732 e. The Hall–Kier alpha value is -0.840. The van der Waals surface area contributed by atoms with Crippen molar-refractivity contribution in [3.05, 3.63) is 23.3 Å². The number of hydrogen-bond donors (Lipinski definition) is 1. The van der Waals surface area contributed by atoms with Gasteiger partial charge in [0.2, 0.25) is 0 Å². The van der Waals surface area contributed by atoms with E-state index in [-0.39, 0.29) is 29.3 Å². The second-order valence-corrected chi connectivity index (χ2v) is 11.4. The number of rotatable bonds is 9.